The SMILES string of the molecule is O=C(Nc1ccc(F)cc1)Nc1cccc(-c2c(C(=O)c3ccccc3)cnc3c(C(F)(F)F)cccc23)c1. The molecular formula is C30H19F4N3O2. The molecule has 0 atom stereocenters. The lowest BCUT2D eigenvalue weighted by Gasteiger charge is -2.16. The molecule has 9 heteroatoms. The van der Waals surface area contributed by atoms with E-state index in [9.17, 15) is 27.2 Å². The lowest BCUT2D eigenvalue weighted by atomic mass is 9.91. The summed E-state index contributed by atoms with van der Waals surface area (Å²) in [5.74, 6) is -0.863. The molecule has 1 aromatic heterocycles. The van der Waals surface area contributed by atoms with Crippen molar-refractivity contribution >= 4 is 34.1 Å². The summed E-state index contributed by atoms with van der Waals surface area (Å²) in [6, 6.07) is 23.0. The highest BCUT2D eigenvalue weighted by atomic mass is 19.4. The molecule has 0 saturated carbocycles. The molecule has 5 nitrogen and oxygen atoms in total. The largest absolute Gasteiger partial charge is 0.418 e. The smallest absolute Gasteiger partial charge is 0.308 e. The van der Waals surface area contributed by atoms with Crippen LogP contribution in [0.3, 0.4) is 0 Å². The lowest BCUT2D eigenvalue weighted by molar-refractivity contribution is -0.136. The number of aromatic nitrogens is 1. The number of rotatable bonds is 5. The molecule has 0 aliphatic carbocycles. The number of carbonyl (C=O) groups excluding carboxylic acids is 2. The summed E-state index contributed by atoms with van der Waals surface area (Å²) in [6.07, 6.45) is -3.50. The summed E-state index contributed by atoms with van der Waals surface area (Å²) in [5.41, 5.74) is 0.580. The van der Waals surface area contributed by atoms with Crippen LogP contribution in [0.2, 0.25) is 0 Å². The maximum Gasteiger partial charge on any atom is 0.418 e. The number of urea groups is 1. The molecule has 1 heterocycles. The first kappa shape index (κ1) is 25.6. The van der Waals surface area contributed by atoms with Gasteiger partial charge in [-0.05, 0) is 48.0 Å². The van der Waals surface area contributed by atoms with Crippen LogP contribution in [-0.2, 0) is 6.18 Å². The fraction of sp³-hybridized carbons (Fsp3) is 0.0333. The third-order valence-corrected chi connectivity index (χ3v) is 5.99. The number of ketones is 1. The molecule has 2 N–H and O–H groups in total. The van der Waals surface area contributed by atoms with Gasteiger partial charge in [0.05, 0.1) is 11.1 Å². The summed E-state index contributed by atoms with van der Waals surface area (Å²) in [7, 11) is 0. The van der Waals surface area contributed by atoms with E-state index in [2.05, 4.69) is 15.6 Å². The van der Waals surface area contributed by atoms with E-state index < -0.39 is 29.4 Å². The Balaban J connectivity index is 1.60. The third-order valence-electron chi connectivity index (χ3n) is 5.99. The molecule has 0 bridgehead atoms. The number of benzene rings is 4. The molecule has 0 radical (unpaired) electrons. The Hall–Kier alpha value is -5.05. The number of fused-ring (bicyclic) bond motifs is 1. The van der Waals surface area contributed by atoms with Crippen LogP contribution in [0.15, 0.2) is 103 Å². The second kappa shape index (κ2) is 10.4. The van der Waals surface area contributed by atoms with Gasteiger partial charge in [-0.3, -0.25) is 9.78 Å². The van der Waals surface area contributed by atoms with E-state index >= 15 is 0 Å². The fourth-order valence-electron chi connectivity index (χ4n) is 4.26. The van der Waals surface area contributed by atoms with Crippen molar-refractivity contribution < 1.29 is 27.2 Å². The molecule has 5 rings (SSSR count). The Morgan fingerprint density at radius 1 is 0.744 bits per heavy atom. The number of amides is 2. The normalized spacial score (nSPS) is 11.3. The number of carbonyl (C=O) groups is 2. The summed E-state index contributed by atoms with van der Waals surface area (Å²) < 4.78 is 54.6. The van der Waals surface area contributed by atoms with Crippen LogP contribution < -0.4 is 10.6 Å². The average molecular weight is 529 g/mol. The van der Waals surface area contributed by atoms with E-state index in [1.807, 2.05) is 0 Å². The molecule has 194 valence electrons. The Bertz CT molecular complexity index is 1690. The van der Waals surface area contributed by atoms with Crippen molar-refractivity contribution in [3.63, 3.8) is 0 Å². The number of nitrogens with zero attached hydrogens (tertiary/aromatic N) is 1. The van der Waals surface area contributed by atoms with Crippen LogP contribution >= 0.6 is 0 Å². The van der Waals surface area contributed by atoms with Crippen molar-refractivity contribution in [3.8, 4) is 11.1 Å². The summed E-state index contributed by atoms with van der Waals surface area (Å²) in [4.78, 5) is 30.1. The predicted octanol–water partition coefficient (Wildman–Crippen LogP) is 7.93. The van der Waals surface area contributed by atoms with Crippen molar-refractivity contribution in [2.75, 3.05) is 10.6 Å². The zero-order chi connectivity index (χ0) is 27.6. The molecule has 0 unspecified atom stereocenters. The lowest BCUT2D eigenvalue weighted by Crippen LogP contribution is -2.19. The van der Waals surface area contributed by atoms with E-state index in [4.69, 9.17) is 0 Å². The molecule has 0 saturated heterocycles. The molecule has 4 aromatic carbocycles. The zero-order valence-electron chi connectivity index (χ0n) is 20.1. The minimum absolute atomic E-state index is 0.112. The summed E-state index contributed by atoms with van der Waals surface area (Å²) in [6.45, 7) is 0. The molecule has 0 spiro atoms. The molecule has 2 amide bonds. The number of halogens is 4. The molecule has 0 aliphatic rings. The van der Waals surface area contributed by atoms with Gasteiger partial charge in [0.1, 0.15) is 5.82 Å². The van der Waals surface area contributed by atoms with Gasteiger partial charge in [-0.2, -0.15) is 13.2 Å². The van der Waals surface area contributed by atoms with Crippen LogP contribution in [0.5, 0.6) is 0 Å². The summed E-state index contributed by atoms with van der Waals surface area (Å²) >= 11 is 0. The Kier molecular flexibility index (Phi) is 6.81. The highest BCUT2D eigenvalue weighted by Crippen LogP contribution is 2.39. The highest BCUT2D eigenvalue weighted by molar-refractivity contribution is 6.17. The van der Waals surface area contributed by atoms with Gasteiger partial charge in [-0.1, -0.05) is 54.6 Å². The van der Waals surface area contributed by atoms with Crippen molar-refractivity contribution in [2.45, 2.75) is 6.18 Å². The van der Waals surface area contributed by atoms with E-state index in [1.165, 1.54) is 36.4 Å². The van der Waals surface area contributed by atoms with Gasteiger partial charge in [-0.25, -0.2) is 9.18 Å². The number of alkyl halides is 3. The van der Waals surface area contributed by atoms with Crippen LogP contribution in [0.1, 0.15) is 21.5 Å². The van der Waals surface area contributed by atoms with E-state index in [1.54, 1.807) is 54.6 Å². The Labute approximate surface area is 220 Å². The first-order valence-corrected chi connectivity index (χ1v) is 11.7. The number of pyridine rings is 1. The highest BCUT2D eigenvalue weighted by Gasteiger charge is 2.34. The number of para-hydroxylation sites is 1. The third kappa shape index (κ3) is 5.47. The predicted molar refractivity (Wildman–Crippen MR) is 141 cm³/mol. The molecule has 0 aliphatic heterocycles. The fourth-order valence-corrected chi connectivity index (χ4v) is 4.26. The van der Waals surface area contributed by atoms with Gasteiger partial charge in [-0.15, -0.1) is 0 Å². The van der Waals surface area contributed by atoms with Gasteiger partial charge in [0.25, 0.3) is 0 Å². The second-order valence-electron chi connectivity index (χ2n) is 8.61. The number of hydrogen-bond donors (Lipinski definition) is 2. The standard InChI is InChI=1S/C30H19F4N3O2/c31-20-12-14-21(15-13-20)36-29(39)37-22-9-4-8-19(16-22)26-23-10-5-11-25(30(32,33)34)27(23)35-17-24(26)28(38)18-6-2-1-3-7-18/h1-17H,(H2,36,37,39). The van der Waals surface area contributed by atoms with E-state index in [-0.39, 0.29) is 22.0 Å². The van der Waals surface area contributed by atoms with Gasteiger partial charge in [0, 0.05) is 39.6 Å². The van der Waals surface area contributed by atoms with E-state index in [0.29, 0.717) is 22.5 Å². The number of hydrogen-bond acceptors (Lipinski definition) is 3. The van der Waals surface area contributed by atoms with Gasteiger partial charge in [0.2, 0.25) is 0 Å². The minimum atomic E-state index is -4.66. The maximum absolute atomic E-state index is 13.8. The van der Waals surface area contributed by atoms with Crippen LogP contribution in [-0.4, -0.2) is 16.8 Å². The topological polar surface area (TPSA) is 71.1 Å². The minimum Gasteiger partial charge on any atom is -0.308 e. The van der Waals surface area contributed by atoms with Gasteiger partial charge < -0.3 is 10.6 Å². The first-order chi connectivity index (χ1) is 18.7. The van der Waals surface area contributed by atoms with E-state index in [0.717, 1.165) is 12.3 Å². The molecule has 0 fully saturated rings. The molecular weight excluding hydrogens is 510 g/mol. The van der Waals surface area contributed by atoms with Gasteiger partial charge >= 0.3 is 12.2 Å². The second-order valence-corrected chi connectivity index (χ2v) is 8.61. The monoisotopic (exact) mass is 529 g/mol. The van der Waals surface area contributed by atoms with Crippen molar-refractivity contribution in [1.82, 2.24) is 4.98 Å². The van der Waals surface area contributed by atoms with Crippen molar-refractivity contribution in [1.29, 1.82) is 0 Å². The first-order valence-electron chi connectivity index (χ1n) is 11.7. The van der Waals surface area contributed by atoms with Crippen molar-refractivity contribution in [3.05, 3.63) is 126 Å². The average Bonchev–Trinajstić information content (AvgIpc) is 2.93. The summed E-state index contributed by atoms with van der Waals surface area (Å²) in [5, 5.41) is 5.37. The van der Waals surface area contributed by atoms with Crippen molar-refractivity contribution in [2.24, 2.45) is 0 Å². The number of anilines is 2. The van der Waals surface area contributed by atoms with Gasteiger partial charge in [0.15, 0.2) is 5.78 Å². The van der Waals surface area contributed by atoms with Crippen LogP contribution in [0, 0.1) is 5.82 Å². The molecule has 39 heavy (non-hydrogen) atoms. The van der Waals surface area contributed by atoms with Crippen LogP contribution in [0.4, 0.5) is 33.7 Å². The molecule has 5 aromatic rings. The Morgan fingerprint density at radius 2 is 1.44 bits per heavy atom. The zero-order valence-corrected chi connectivity index (χ0v) is 20.1. The number of nitrogens with one attached hydrogen (secondary N) is 2. The maximum atomic E-state index is 13.8. The Morgan fingerprint density at radius 3 is 2.15 bits per heavy atom. The van der Waals surface area contributed by atoms with Crippen LogP contribution in [0.25, 0.3) is 22.0 Å². The quantitative estimate of drug-likeness (QED) is 0.179.